The van der Waals surface area contributed by atoms with E-state index < -0.39 is 22.6 Å². The molecule has 142 valence electrons. The van der Waals surface area contributed by atoms with Crippen LogP contribution in [0.5, 0.6) is 5.75 Å². The number of carbonyl (C=O) groups is 2. The first kappa shape index (κ1) is 20.3. The Morgan fingerprint density at radius 3 is 2.19 bits per heavy atom. The molecular weight excluding hydrogens is 370 g/mol. The number of nitrogens with one attached hydrogen (secondary N) is 1. The van der Waals surface area contributed by atoms with Crippen LogP contribution < -0.4 is 9.46 Å². The topological polar surface area (TPSA) is 98.8 Å². The van der Waals surface area contributed by atoms with Gasteiger partial charge in [0, 0.05) is 12.1 Å². The van der Waals surface area contributed by atoms with Crippen molar-refractivity contribution >= 4 is 21.8 Å². The third-order valence-electron chi connectivity index (χ3n) is 3.56. The third kappa shape index (κ3) is 5.50. The number of rotatable bonds is 9. The van der Waals surface area contributed by atoms with E-state index in [0.717, 1.165) is 0 Å². The molecule has 7 nitrogen and oxygen atoms in total. The van der Waals surface area contributed by atoms with Gasteiger partial charge in [0.1, 0.15) is 5.75 Å². The van der Waals surface area contributed by atoms with Crippen molar-refractivity contribution in [1.82, 2.24) is 4.72 Å². The number of Topliss-reactive ketones (excluding diaryl/α,β-unsaturated/α-hetero) is 1. The summed E-state index contributed by atoms with van der Waals surface area (Å²) in [5.41, 5.74) is 0.526. The van der Waals surface area contributed by atoms with Crippen molar-refractivity contribution in [3.63, 3.8) is 0 Å². The first-order chi connectivity index (χ1) is 12.9. The zero-order valence-corrected chi connectivity index (χ0v) is 15.5. The highest BCUT2D eigenvalue weighted by Gasteiger charge is 2.15. The molecule has 0 radical (unpaired) electrons. The van der Waals surface area contributed by atoms with Crippen molar-refractivity contribution in [2.75, 3.05) is 20.3 Å². The number of benzene rings is 2. The van der Waals surface area contributed by atoms with Crippen molar-refractivity contribution in [1.29, 1.82) is 0 Å². The molecule has 0 fully saturated rings. The molecule has 8 heteroatoms. The molecule has 0 spiro atoms. The van der Waals surface area contributed by atoms with E-state index in [1.165, 1.54) is 37.5 Å². The van der Waals surface area contributed by atoms with Gasteiger partial charge in [-0.15, -0.1) is 6.58 Å². The summed E-state index contributed by atoms with van der Waals surface area (Å²) in [6.45, 7) is 3.11. The number of sulfonamides is 1. The van der Waals surface area contributed by atoms with E-state index in [-0.39, 0.29) is 22.8 Å². The number of carbonyl (C=O) groups excluding carboxylic acids is 2. The highest BCUT2D eigenvalue weighted by Crippen LogP contribution is 2.13. The second-order valence-electron chi connectivity index (χ2n) is 5.39. The van der Waals surface area contributed by atoms with Gasteiger partial charge in [-0.1, -0.05) is 6.08 Å². The maximum atomic E-state index is 12.1. The van der Waals surface area contributed by atoms with Crippen LogP contribution in [0.2, 0.25) is 0 Å². The molecule has 0 amide bonds. The lowest BCUT2D eigenvalue weighted by Gasteiger charge is -2.07. The highest BCUT2D eigenvalue weighted by molar-refractivity contribution is 7.89. The van der Waals surface area contributed by atoms with Gasteiger partial charge in [0.2, 0.25) is 10.0 Å². The minimum Gasteiger partial charge on any atom is -0.497 e. The summed E-state index contributed by atoms with van der Waals surface area (Å²) >= 11 is 0. The average Bonchev–Trinajstić information content (AvgIpc) is 2.70. The third-order valence-corrected chi connectivity index (χ3v) is 5.00. The highest BCUT2D eigenvalue weighted by atomic mass is 32.2. The van der Waals surface area contributed by atoms with Crippen LogP contribution in [-0.2, 0) is 14.8 Å². The molecular formula is C19H19NO6S. The van der Waals surface area contributed by atoms with Gasteiger partial charge < -0.3 is 9.47 Å². The van der Waals surface area contributed by atoms with Gasteiger partial charge in [0.05, 0.1) is 17.6 Å². The van der Waals surface area contributed by atoms with E-state index in [4.69, 9.17) is 9.47 Å². The Labute approximate surface area is 157 Å². The SMILES string of the molecule is C=CCNS(=O)(=O)c1ccc(C(=O)OCC(=O)c2ccc(OC)cc2)cc1. The quantitative estimate of drug-likeness (QED) is 0.401. The van der Waals surface area contributed by atoms with Gasteiger partial charge in [0.25, 0.3) is 0 Å². The van der Waals surface area contributed by atoms with Crippen molar-refractivity contribution in [3.8, 4) is 5.75 Å². The molecule has 0 aliphatic carbocycles. The first-order valence-electron chi connectivity index (χ1n) is 7.92. The first-order valence-corrected chi connectivity index (χ1v) is 9.40. The summed E-state index contributed by atoms with van der Waals surface area (Å²) in [5, 5.41) is 0. The zero-order valence-electron chi connectivity index (χ0n) is 14.7. The van der Waals surface area contributed by atoms with Gasteiger partial charge in [-0.2, -0.15) is 0 Å². The lowest BCUT2D eigenvalue weighted by molar-refractivity contribution is 0.0474. The van der Waals surface area contributed by atoms with Crippen LogP contribution in [0.15, 0.2) is 66.1 Å². The average molecular weight is 389 g/mol. The molecule has 0 saturated carbocycles. The normalized spacial score (nSPS) is 10.9. The molecule has 2 aromatic rings. The van der Waals surface area contributed by atoms with Gasteiger partial charge in [-0.25, -0.2) is 17.9 Å². The van der Waals surface area contributed by atoms with Crippen molar-refractivity contribution in [2.45, 2.75) is 4.90 Å². The molecule has 1 N–H and O–H groups in total. The molecule has 0 aliphatic heterocycles. The smallest absolute Gasteiger partial charge is 0.338 e. The van der Waals surface area contributed by atoms with E-state index in [9.17, 15) is 18.0 Å². The predicted octanol–water partition coefficient (Wildman–Crippen LogP) is 2.20. The van der Waals surface area contributed by atoms with Crippen molar-refractivity contribution < 1.29 is 27.5 Å². The number of hydrogen-bond donors (Lipinski definition) is 1. The summed E-state index contributed by atoms with van der Waals surface area (Å²) < 4.78 is 36.3. The molecule has 0 heterocycles. The lowest BCUT2D eigenvalue weighted by Crippen LogP contribution is -2.23. The number of ketones is 1. The maximum absolute atomic E-state index is 12.1. The van der Waals surface area contributed by atoms with E-state index in [1.54, 1.807) is 24.3 Å². The molecule has 0 aliphatic rings. The van der Waals surface area contributed by atoms with E-state index >= 15 is 0 Å². The van der Waals surface area contributed by atoms with Crippen LogP contribution in [0.4, 0.5) is 0 Å². The van der Waals surface area contributed by atoms with Gasteiger partial charge >= 0.3 is 5.97 Å². The number of ether oxygens (including phenoxy) is 2. The van der Waals surface area contributed by atoms with Crippen LogP contribution in [0.1, 0.15) is 20.7 Å². The van der Waals surface area contributed by atoms with Crippen molar-refractivity contribution in [3.05, 3.63) is 72.3 Å². The Hall–Kier alpha value is -2.97. The molecule has 27 heavy (non-hydrogen) atoms. The van der Waals surface area contributed by atoms with Gasteiger partial charge in [0.15, 0.2) is 12.4 Å². The van der Waals surface area contributed by atoms with Crippen molar-refractivity contribution in [2.24, 2.45) is 0 Å². The summed E-state index contributed by atoms with van der Waals surface area (Å²) in [4.78, 5) is 24.1. The largest absolute Gasteiger partial charge is 0.497 e. The van der Waals surface area contributed by atoms with Crippen LogP contribution in [-0.4, -0.2) is 40.4 Å². The molecule has 0 atom stereocenters. The zero-order chi connectivity index (χ0) is 19.9. The Bertz CT molecular complexity index is 918. The molecule has 2 rings (SSSR count). The molecule has 2 aromatic carbocycles. The fourth-order valence-corrected chi connectivity index (χ4v) is 3.10. The van der Waals surface area contributed by atoms with Gasteiger partial charge in [-0.05, 0) is 48.5 Å². The Morgan fingerprint density at radius 2 is 1.63 bits per heavy atom. The Kier molecular flexibility index (Phi) is 6.86. The molecule has 0 aromatic heterocycles. The fraction of sp³-hybridized carbons (Fsp3) is 0.158. The Balaban J connectivity index is 1.97. The summed E-state index contributed by atoms with van der Waals surface area (Å²) in [7, 11) is -2.15. The standard InChI is InChI=1S/C19H19NO6S/c1-3-12-20-27(23,24)17-10-6-15(7-11-17)19(22)26-13-18(21)14-4-8-16(25-2)9-5-14/h3-11,20H,1,12-13H2,2H3. The van der Waals surface area contributed by atoms with Crippen LogP contribution in [0.3, 0.4) is 0 Å². The maximum Gasteiger partial charge on any atom is 0.338 e. The van der Waals surface area contributed by atoms with E-state index in [1.807, 2.05) is 0 Å². The van der Waals surface area contributed by atoms with Crippen LogP contribution in [0, 0.1) is 0 Å². The fourth-order valence-electron chi connectivity index (χ4n) is 2.10. The minimum absolute atomic E-state index is 0.00945. The van der Waals surface area contributed by atoms with Crippen LogP contribution >= 0.6 is 0 Å². The molecule has 0 bridgehead atoms. The number of hydrogen-bond acceptors (Lipinski definition) is 6. The van der Waals surface area contributed by atoms with Gasteiger partial charge in [-0.3, -0.25) is 4.79 Å². The lowest BCUT2D eigenvalue weighted by atomic mass is 10.1. The molecule has 0 unspecified atom stereocenters. The summed E-state index contributed by atoms with van der Waals surface area (Å²) in [6.07, 6.45) is 1.42. The number of methoxy groups -OCH3 is 1. The number of esters is 1. The molecule has 0 saturated heterocycles. The minimum atomic E-state index is -3.67. The predicted molar refractivity (Wildman–Crippen MR) is 99.4 cm³/mol. The van der Waals surface area contributed by atoms with E-state index in [2.05, 4.69) is 11.3 Å². The second-order valence-corrected chi connectivity index (χ2v) is 7.16. The summed E-state index contributed by atoms with van der Waals surface area (Å²) in [6, 6.07) is 11.6. The second kappa shape index (κ2) is 9.11. The van der Waals surface area contributed by atoms with Crippen LogP contribution in [0.25, 0.3) is 0 Å². The monoisotopic (exact) mass is 389 g/mol. The summed E-state index contributed by atoms with van der Waals surface area (Å²) in [5.74, 6) is -0.472. The van der Waals surface area contributed by atoms with E-state index in [0.29, 0.717) is 11.3 Å². The Morgan fingerprint density at radius 1 is 1.04 bits per heavy atom.